The van der Waals surface area contributed by atoms with Crippen molar-refractivity contribution in [2.75, 3.05) is 16.9 Å². The highest BCUT2D eigenvalue weighted by atomic mass is 79.9. The Kier molecular flexibility index (Phi) is 6.48. The highest BCUT2D eigenvalue weighted by Gasteiger charge is 2.20. The van der Waals surface area contributed by atoms with Crippen molar-refractivity contribution in [3.8, 4) is 5.75 Å². The topological polar surface area (TPSA) is 121 Å². The third-order valence-electron chi connectivity index (χ3n) is 3.77. The summed E-state index contributed by atoms with van der Waals surface area (Å²) in [6.07, 6.45) is 0. The van der Waals surface area contributed by atoms with Crippen LogP contribution in [0.1, 0.15) is 32.3 Å². The number of benzene rings is 1. The maximum Gasteiger partial charge on any atom is 0.237 e. The predicted molar refractivity (Wildman–Crippen MR) is 113 cm³/mol. The Morgan fingerprint density at radius 3 is 2.83 bits per heavy atom. The van der Waals surface area contributed by atoms with Crippen LogP contribution < -0.4 is 15.9 Å². The molecule has 0 spiro atoms. The first-order valence-corrected chi connectivity index (χ1v) is 10.5. The van der Waals surface area contributed by atoms with Crippen LogP contribution in [0.15, 0.2) is 44.5 Å². The molecule has 1 aromatic carbocycles. The van der Waals surface area contributed by atoms with Gasteiger partial charge in [0.25, 0.3) is 0 Å². The van der Waals surface area contributed by atoms with Crippen LogP contribution in [0, 0.1) is 0 Å². The van der Waals surface area contributed by atoms with Crippen molar-refractivity contribution in [2.24, 2.45) is 0 Å². The third kappa shape index (κ3) is 5.73. The lowest BCUT2D eigenvalue weighted by atomic mass is 9.92. The van der Waals surface area contributed by atoms with Gasteiger partial charge in [0.05, 0.1) is 11.4 Å². The number of halogens is 1. The minimum Gasteiger partial charge on any atom is -0.485 e. The Morgan fingerprint density at radius 1 is 1.34 bits per heavy atom. The van der Waals surface area contributed by atoms with Gasteiger partial charge in [-0.2, -0.15) is 0 Å². The first kappa shape index (κ1) is 21.2. The molecule has 0 atom stereocenters. The van der Waals surface area contributed by atoms with Crippen molar-refractivity contribution in [3.05, 3.63) is 46.3 Å². The summed E-state index contributed by atoms with van der Waals surface area (Å²) in [6, 6.07) is 9.15. The zero-order chi connectivity index (χ0) is 21.0. The fourth-order valence-corrected chi connectivity index (χ4v) is 3.25. The maximum absolute atomic E-state index is 12.2. The summed E-state index contributed by atoms with van der Waals surface area (Å²) in [5.41, 5.74) is 0.600. The SMILES string of the molecule is CC(C)(C)c1cc(NC(=O)CSc2nnc(COc3cccc(Br)c3)n2N)on1. The lowest BCUT2D eigenvalue weighted by Crippen LogP contribution is -2.18. The second-order valence-corrected chi connectivity index (χ2v) is 9.04. The number of ether oxygens (including phenoxy) is 1. The lowest BCUT2D eigenvalue weighted by molar-refractivity contribution is -0.113. The summed E-state index contributed by atoms with van der Waals surface area (Å²) in [4.78, 5) is 12.2. The van der Waals surface area contributed by atoms with Crippen LogP contribution >= 0.6 is 27.7 Å². The van der Waals surface area contributed by atoms with Crippen LogP contribution in [0.25, 0.3) is 0 Å². The van der Waals surface area contributed by atoms with E-state index in [4.69, 9.17) is 15.1 Å². The second kappa shape index (κ2) is 8.87. The molecule has 1 amide bonds. The first-order valence-electron chi connectivity index (χ1n) is 8.70. The van der Waals surface area contributed by atoms with Gasteiger partial charge >= 0.3 is 0 Å². The van der Waals surface area contributed by atoms with E-state index in [1.165, 1.54) is 4.68 Å². The highest BCUT2D eigenvalue weighted by Crippen LogP contribution is 2.24. The zero-order valence-corrected chi connectivity index (χ0v) is 18.6. The van der Waals surface area contributed by atoms with Crippen molar-refractivity contribution in [2.45, 2.75) is 37.9 Å². The average molecular weight is 481 g/mol. The normalized spacial score (nSPS) is 11.4. The molecule has 0 saturated heterocycles. The minimum atomic E-state index is -0.262. The Morgan fingerprint density at radius 2 is 2.14 bits per heavy atom. The van der Waals surface area contributed by atoms with Crippen molar-refractivity contribution in [1.82, 2.24) is 20.0 Å². The van der Waals surface area contributed by atoms with Gasteiger partial charge < -0.3 is 15.1 Å². The van der Waals surface area contributed by atoms with Gasteiger partial charge in [0.15, 0.2) is 5.82 Å². The fourth-order valence-electron chi connectivity index (χ4n) is 2.20. The van der Waals surface area contributed by atoms with E-state index < -0.39 is 0 Å². The number of anilines is 1. The summed E-state index contributed by atoms with van der Waals surface area (Å²) in [7, 11) is 0. The molecule has 2 aromatic heterocycles. The maximum atomic E-state index is 12.2. The van der Waals surface area contributed by atoms with Gasteiger partial charge in [-0.25, -0.2) is 4.68 Å². The Hall–Kier alpha value is -2.53. The first-order chi connectivity index (χ1) is 13.7. The van der Waals surface area contributed by atoms with Gasteiger partial charge in [0.2, 0.25) is 16.9 Å². The van der Waals surface area contributed by atoms with E-state index >= 15 is 0 Å². The Balaban J connectivity index is 1.52. The number of nitrogens with two attached hydrogens (primary N) is 1. The molecule has 9 nitrogen and oxygen atoms in total. The zero-order valence-electron chi connectivity index (χ0n) is 16.2. The summed E-state index contributed by atoms with van der Waals surface area (Å²) in [5.74, 6) is 7.26. The average Bonchev–Trinajstić information content (AvgIpc) is 3.25. The summed E-state index contributed by atoms with van der Waals surface area (Å²) in [5, 5.41) is 15.1. The Bertz CT molecular complexity index is 998. The number of carbonyl (C=O) groups is 1. The molecule has 29 heavy (non-hydrogen) atoms. The molecule has 154 valence electrons. The molecular weight excluding hydrogens is 460 g/mol. The number of hydrogen-bond acceptors (Lipinski definition) is 8. The van der Waals surface area contributed by atoms with E-state index in [0.717, 1.165) is 21.9 Å². The molecule has 2 heterocycles. The van der Waals surface area contributed by atoms with E-state index in [0.29, 0.717) is 22.6 Å². The fraction of sp³-hybridized carbons (Fsp3) is 0.333. The van der Waals surface area contributed by atoms with E-state index in [1.54, 1.807) is 6.07 Å². The molecule has 0 aliphatic rings. The van der Waals surface area contributed by atoms with Crippen molar-refractivity contribution in [3.63, 3.8) is 0 Å². The smallest absolute Gasteiger partial charge is 0.237 e. The van der Waals surface area contributed by atoms with Crippen LogP contribution in [0.5, 0.6) is 5.75 Å². The molecule has 3 rings (SSSR count). The summed E-state index contributed by atoms with van der Waals surface area (Å²) in [6.45, 7) is 6.19. The standard InChI is InChI=1S/C18H21BrN6O3S/c1-18(2,3)13-8-16(28-24-13)21-15(26)10-29-17-23-22-14(25(17)20)9-27-12-6-4-5-11(19)7-12/h4-8H,9-10,20H2,1-3H3,(H,21,26). The van der Waals surface area contributed by atoms with Gasteiger partial charge in [-0.15, -0.1) is 10.2 Å². The van der Waals surface area contributed by atoms with E-state index in [9.17, 15) is 4.79 Å². The van der Waals surface area contributed by atoms with Gasteiger partial charge in [-0.3, -0.25) is 10.1 Å². The van der Waals surface area contributed by atoms with Crippen LogP contribution in [0.4, 0.5) is 5.88 Å². The molecule has 0 aliphatic carbocycles. The number of nitrogens with zero attached hydrogens (tertiary/aromatic N) is 4. The molecule has 0 radical (unpaired) electrons. The van der Waals surface area contributed by atoms with Crippen LogP contribution in [0.3, 0.4) is 0 Å². The molecule has 11 heteroatoms. The van der Waals surface area contributed by atoms with Crippen LogP contribution in [-0.2, 0) is 16.8 Å². The highest BCUT2D eigenvalue weighted by molar-refractivity contribution is 9.10. The van der Waals surface area contributed by atoms with E-state index in [1.807, 2.05) is 45.0 Å². The van der Waals surface area contributed by atoms with Gasteiger partial charge in [-0.1, -0.05) is 59.7 Å². The van der Waals surface area contributed by atoms with Gasteiger partial charge in [0.1, 0.15) is 12.4 Å². The molecule has 0 aliphatic heterocycles. The number of nitrogen functional groups attached to an aromatic ring is 1. The lowest BCUT2D eigenvalue weighted by Gasteiger charge is -2.12. The van der Waals surface area contributed by atoms with E-state index in [2.05, 4.69) is 36.6 Å². The number of amides is 1. The second-order valence-electron chi connectivity index (χ2n) is 7.18. The number of carbonyl (C=O) groups excluding carboxylic acids is 1. The van der Waals surface area contributed by atoms with Gasteiger partial charge in [-0.05, 0) is 18.2 Å². The minimum absolute atomic E-state index is 0.0906. The number of nitrogens with one attached hydrogen (secondary N) is 1. The number of thioether (sulfide) groups is 1. The summed E-state index contributed by atoms with van der Waals surface area (Å²) < 4.78 is 13.0. The molecule has 0 bridgehead atoms. The monoisotopic (exact) mass is 480 g/mol. The predicted octanol–water partition coefficient (Wildman–Crippen LogP) is 3.35. The Labute approximate surface area is 180 Å². The molecule has 0 saturated carbocycles. The summed E-state index contributed by atoms with van der Waals surface area (Å²) >= 11 is 4.54. The van der Waals surface area contributed by atoms with Crippen molar-refractivity contribution < 1.29 is 14.1 Å². The van der Waals surface area contributed by atoms with Crippen LogP contribution in [0.2, 0.25) is 0 Å². The van der Waals surface area contributed by atoms with Crippen molar-refractivity contribution in [1.29, 1.82) is 0 Å². The molecular formula is C18H21BrN6O3S. The quantitative estimate of drug-likeness (QED) is 0.389. The van der Waals surface area contributed by atoms with Crippen LogP contribution in [-0.4, -0.2) is 31.7 Å². The molecule has 3 aromatic rings. The number of aromatic nitrogens is 4. The molecule has 0 fully saturated rings. The number of rotatable bonds is 7. The largest absolute Gasteiger partial charge is 0.485 e. The molecule has 0 unspecified atom stereocenters. The third-order valence-corrected chi connectivity index (χ3v) is 5.21. The van der Waals surface area contributed by atoms with Crippen molar-refractivity contribution >= 4 is 39.5 Å². The number of hydrogen-bond donors (Lipinski definition) is 2. The van der Waals surface area contributed by atoms with Gasteiger partial charge in [0, 0.05) is 16.0 Å². The van der Waals surface area contributed by atoms with E-state index in [-0.39, 0.29) is 23.7 Å². The molecule has 3 N–H and O–H groups in total.